The largest absolute Gasteiger partial charge is 0.511 e. The summed E-state index contributed by atoms with van der Waals surface area (Å²) in [7, 11) is 1.62. The van der Waals surface area contributed by atoms with E-state index in [1.807, 2.05) is 25.1 Å². The van der Waals surface area contributed by atoms with E-state index in [0.29, 0.717) is 31.1 Å². The molecule has 9 heteroatoms. The molecule has 0 spiro atoms. The molecular weight excluding hydrogens is 358 g/mol. The van der Waals surface area contributed by atoms with Crippen LogP contribution in [0, 0.1) is 0 Å². The maximum atomic E-state index is 12.3. The van der Waals surface area contributed by atoms with E-state index in [1.54, 1.807) is 7.05 Å². The number of ether oxygens (including phenoxy) is 6. The van der Waals surface area contributed by atoms with Crippen LogP contribution < -0.4 is 9.47 Å². The Morgan fingerprint density at radius 1 is 1.19 bits per heavy atom. The van der Waals surface area contributed by atoms with E-state index >= 15 is 0 Å². The Balaban J connectivity index is 1.44. The molecule has 1 saturated heterocycles. The number of hydrogen-bond acceptors (Lipinski definition) is 8. The Hall–Kier alpha value is -2.68. The molecule has 27 heavy (non-hydrogen) atoms. The minimum Gasteiger partial charge on any atom is -0.454 e. The van der Waals surface area contributed by atoms with E-state index in [9.17, 15) is 9.59 Å². The highest BCUT2D eigenvalue weighted by molar-refractivity contribution is 5.68. The third-order valence-corrected chi connectivity index (χ3v) is 4.32. The van der Waals surface area contributed by atoms with E-state index in [2.05, 4.69) is 0 Å². The summed E-state index contributed by atoms with van der Waals surface area (Å²) in [6.45, 7) is 4.26. The van der Waals surface area contributed by atoms with Crippen LogP contribution in [0.4, 0.5) is 9.59 Å². The maximum Gasteiger partial charge on any atom is 0.511 e. The molecule has 0 radical (unpaired) electrons. The molecule has 148 valence electrons. The normalized spacial score (nSPS) is 17.4. The van der Waals surface area contributed by atoms with Crippen molar-refractivity contribution in [1.82, 2.24) is 4.90 Å². The van der Waals surface area contributed by atoms with Gasteiger partial charge in [-0.3, -0.25) is 0 Å². The number of nitrogens with zero attached hydrogens (tertiary/aromatic N) is 1. The van der Waals surface area contributed by atoms with Crippen molar-refractivity contribution >= 4 is 12.2 Å². The molecule has 1 aromatic carbocycles. The fraction of sp³-hybridized carbons (Fsp3) is 0.556. The van der Waals surface area contributed by atoms with Gasteiger partial charge in [-0.1, -0.05) is 6.07 Å². The van der Waals surface area contributed by atoms with Crippen molar-refractivity contribution in [2.24, 2.45) is 0 Å². The number of benzene rings is 1. The van der Waals surface area contributed by atoms with Crippen LogP contribution in [-0.2, 0) is 25.4 Å². The average molecular weight is 381 g/mol. The highest BCUT2D eigenvalue weighted by atomic mass is 16.8. The zero-order valence-electron chi connectivity index (χ0n) is 15.5. The predicted molar refractivity (Wildman–Crippen MR) is 91.6 cm³/mol. The molecule has 2 aliphatic rings. The SMILES string of the molecule is CC(OC(=O)OC1COC1)OC(=O)N(C)C(C)Cc1ccc2c(c1)OCO2. The maximum absolute atomic E-state index is 12.3. The first-order chi connectivity index (χ1) is 12.9. The molecule has 0 aliphatic carbocycles. The summed E-state index contributed by atoms with van der Waals surface area (Å²) in [6, 6.07) is 5.51. The predicted octanol–water partition coefficient (Wildman–Crippen LogP) is 2.31. The second kappa shape index (κ2) is 8.34. The number of likely N-dealkylation sites (N-methyl/N-ethyl adjacent to an activating group) is 1. The van der Waals surface area contributed by atoms with Crippen LogP contribution in [0.2, 0.25) is 0 Å². The minimum absolute atomic E-state index is 0.149. The molecule has 0 aromatic heterocycles. The van der Waals surface area contributed by atoms with Gasteiger partial charge in [0.05, 0.1) is 13.2 Å². The number of carbonyl (C=O) groups excluding carboxylic acids is 2. The summed E-state index contributed by atoms with van der Waals surface area (Å²) >= 11 is 0. The highest BCUT2D eigenvalue weighted by Gasteiger charge is 2.26. The van der Waals surface area contributed by atoms with E-state index in [-0.39, 0.29) is 18.9 Å². The zero-order valence-corrected chi connectivity index (χ0v) is 15.5. The lowest BCUT2D eigenvalue weighted by atomic mass is 10.1. The lowest BCUT2D eigenvalue weighted by Gasteiger charge is -2.27. The molecule has 2 atom stereocenters. The van der Waals surface area contributed by atoms with Crippen LogP contribution in [0.25, 0.3) is 0 Å². The first-order valence-corrected chi connectivity index (χ1v) is 8.69. The summed E-state index contributed by atoms with van der Waals surface area (Å²) in [5, 5.41) is 0. The fourth-order valence-electron chi connectivity index (χ4n) is 2.56. The van der Waals surface area contributed by atoms with Gasteiger partial charge in [0, 0.05) is 20.0 Å². The van der Waals surface area contributed by atoms with Crippen molar-refractivity contribution in [3.05, 3.63) is 23.8 Å². The van der Waals surface area contributed by atoms with Crippen LogP contribution in [-0.4, -0.2) is 62.6 Å². The Bertz CT molecular complexity index is 690. The van der Waals surface area contributed by atoms with Gasteiger partial charge in [-0.05, 0) is 31.0 Å². The zero-order chi connectivity index (χ0) is 19.4. The van der Waals surface area contributed by atoms with Gasteiger partial charge >= 0.3 is 12.2 Å². The summed E-state index contributed by atoms with van der Waals surface area (Å²) in [5.41, 5.74) is 1.00. The second-order valence-corrected chi connectivity index (χ2v) is 6.45. The van der Waals surface area contributed by atoms with Crippen molar-refractivity contribution in [1.29, 1.82) is 0 Å². The quantitative estimate of drug-likeness (QED) is 0.547. The Morgan fingerprint density at radius 2 is 1.93 bits per heavy atom. The van der Waals surface area contributed by atoms with Crippen molar-refractivity contribution in [2.45, 2.75) is 38.7 Å². The van der Waals surface area contributed by atoms with Crippen LogP contribution in [0.3, 0.4) is 0 Å². The molecule has 0 saturated carbocycles. The lowest BCUT2D eigenvalue weighted by molar-refractivity contribution is -0.138. The Labute approximate surface area is 157 Å². The minimum atomic E-state index is -1.06. The second-order valence-electron chi connectivity index (χ2n) is 6.45. The summed E-state index contributed by atoms with van der Waals surface area (Å²) < 4.78 is 30.5. The molecule has 0 N–H and O–H groups in total. The van der Waals surface area contributed by atoms with E-state index in [1.165, 1.54) is 11.8 Å². The average Bonchev–Trinajstić information content (AvgIpc) is 3.05. The van der Waals surface area contributed by atoms with Crippen molar-refractivity contribution in [3.8, 4) is 11.5 Å². The molecule has 2 unspecified atom stereocenters. The molecule has 9 nitrogen and oxygen atoms in total. The smallest absolute Gasteiger partial charge is 0.454 e. The number of amides is 1. The monoisotopic (exact) mass is 381 g/mol. The molecule has 2 aliphatic heterocycles. The van der Waals surface area contributed by atoms with Crippen molar-refractivity contribution < 1.29 is 38.0 Å². The molecule has 0 bridgehead atoms. The number of fused-ring (bicyclic) bond motifs is 1. The number of hydrogen-bond donors (Lipinski definition) is 0. The third kappa shape index (κ3) is 4.94. The fourth-order valence-corrected chi connectivity index (χ4v) is 2.56. The van der Waals surface area contributed by atoms with Gasteiger partial charge in [-0.2, -0.15) is 0 Å². The molecule has 1 fully saturated rings. The Morgan fingerprint density at radius 3 is 2.63 bits per heavy atom. The van der Waals surface area contributed by atoms with Crippen molar-refractivity contribution in [3.63, 3.8) is 0 Å². The topological polar surface area (TPSA) is 92.8 Å². The van der Waals surface area contributed by atoms with Gasteiger partial charge in [0.15, 0.2) is 17.6 Å². The van der Waals surface area contributed by atoms with Gasteiger partial charge in [0.25, 0.3) is 0 Å². The van der Waals surface area contributed by atoms with Gasteiger partial charge in [-0.15, -0.1) is 0 Å². The standard InChI is InChI=1S/C18H23NO8/c1-11(6-13-4-5-15-16(7-13)24-10-23-15)19(3)17(20)25-12(2)26-18(21)27-14-8-22-9-14/h4-5,7,11-12,14H,6,8-10H2,1-3H3. The first-order valence-electron chi connectivity index (χ1n) is 8.69. The highest BCUT2D eigenvalue weighted by Crippen LogP contribution is 2.33. The molecule has 2 heterocycles. The van der Waals surface area contributed by atoms with Crippen LogP contribution in [0.5, 0.6) is 11.5 Å². The third-order valence-electron chi connectivity index (χ3n) is 4.32. The number of carbonyl (C=O) groups is 2. The van der Waals surface area contributed by atoms with E-state index in [4.69, 9.17) is 28.4 Å². The summed E-state index contributed by atoms with van der Waals surface area (Å²) in [5.74, 6) is 1.41. The summed E-state index contributed by atoms with van der Waals surface area (Å²) in [4.78, 5) is 25.2. The van der Waals surface area contributed by atoms with Crippen LogP contribution in [0.1, 0.15) is 19.4 Å². The van der Waals surface area contributed by atoms with E-state index < -0.39 is 18.5 Å². The van der Waals surface area contributed by atoms with Crippen molar-refractivity contribution in [2.75, 3.05) is 27.1 Å². The van der Waals surface area contributed by atoms with Gasteiger partial charge in [-0.25, -0.2) is 9.59 Å². The lowest BCUT2D eigenvalue weighted by Crippen LogP contribution is -2.40. The molecule has 3 rings (SSSR count). The van der Waals surface area contributed by atoms with E-state index in [0.717, 1.165) is 5.56 Å². The summed E-state index contributed by atoms with van der Waals surface area (Å²) in [6.07, 6.45) is -2.26. The molecular formula is C18H23NO8. The van der Waals surface area contributed by atoms with Crippen LogP contribution in [0.15, 0.2) is 18.2 Å². The molecule has 1 aromatic rings. The van der Waals surface area contributed by atoms with Gasteiger partial charge in [0.1, 0.15) is 0 Å². The van der Waals surface area contributed by atoms with Gasteiger partial charge in [0.2, 0.25) is 13.1 Å². The van der Waals surface area contributed by atoms with Gasteiger partial charge < -0.3 is 33.3 Å². The van der Waals surface area contributed by atoms with Crippen LogP contribution >= 0.6 is 0 Å². The first kappa shape index (κ1) is 19.1. The number of rotatable bonds is 6. The Kier molecular flexibility index (Phi) is 5.90. The molecule has 1 amide bonds.